The number of nitrogens with one attached hydrogen (secondary N) is 1. The molecule has 0 saturated carbocycles. The van der Waals surface area contributed by atoms with E-state index in [1.807, 2.05) is 6.92 Å². The summed E-state index contributed by atoms with van der Waals surface area (Å²) in [6.07, 6.45) is 0. The number of rotatable bonds is 4. The fourth-order valence-corrected chi connectivity index (χ4v) is 1.53. The van der Waals surface area contributed by atoms with Gasteiger partial charge >= 0.3 is 0 Å². The zero-order valence-electron chi connectivity index (χ0n) is 9.76. The molecular weight excluding hydrogens is 261 g/mol. The molecule has 0 aliphatic rings. The van der Waals surface area contributed by atoms with Gasteiger partial charge in [0.25, 0.3) is 0 Å². The molecule has 0 radical (unpaired) electrons. The lowest BCUT2D eigenvalue weighted by Gasteiger charge is -2.16. The zero-order valence-corrected chi connectivity index (χ0v) is 11.3. The molecule has 1 amide bonds. The average molecular weight is 276 g/mol. The maximum atomic E-state index is 11.6. The van der Waals surface area contributed by atoms with Crippen LogP contribution in [0.1, 0.15) is 6.92 Å². The van der Waals surface area contributed by atoms with E-state index >= 15 is 0 Å². The number of nitrogens with two attached hydrogens (primary N) is 1. The van der Waals surface area contributed by atoms with Gasteiger partial charge < -0.3 is 16.0 Å². The van der Waals surface area contributed by atoms with Gasteiger partial charge in [-0.15, -0.1) is 0 Å². The normalized spacial score (nSPS) is 10.1. The van der Waals surface area contributed by atoms with Crippen LogP contribution in [0.5, 0.6) is 0 Å². The van der Waals surface area contributed by atoms with E-state index in [9.17, 15) is 4.79 Å². The number of likely N-dealkylation sites (N-methyl/N-ethyl adjacent to an activating group) is 1. The summed E-state index contributed by atoms with van der Waals surface area (Å²) in [5.41, 5.74) is 6.83. The van der Waals surface area contributed by atoms with E-state index in [2.05, 4.69) is 5.32 Å². The SMILES string of the molecule is CCN(C)C(=O)CNc1cc(Cl)c(Cl)cc1N. The van der Waals surface area contributed by atoms with Gasteiger partial charge in [-0.25, -0.2) is 0 Å². The van der Waals surface area contributed by atoms with Crippen molar-refractivity contribution >= 4 is 40.5 Å². The van der Waals surface area contributed by atoms with Gasteiger partial charge in [0.15, 0.2) is 0 Å². The lowest BCUT2D eigenvalue weighted by molar-refractivity contribution is -0.127. The van der Waals surface area contributed by atoms with Gasteiger partial charge in [0.05, 0.1) is 28.0 Å². The number of nitrogen functional groups attached to an aromatic ring is 1. The number of amides is 1. The minimum atomic E-state index is -0.0158. The van der Waals surface area contributed by atoms with Gasteiger partial charge in [0.2, 0.25) is 5.91 Å². The van der Waals surface area contributed by atoms with Gasteiger partial charge in [-0.1, -0.05) is 23.2 Å². The molecule has 6 heteroatoms. The lowest BCUT2D eigenvalue weighted by atomic mass is 10.2. The van der Waals surface area contributed by atoms with Crippen molar-refractivity contribution in [2.24, 2.45) is 0 Å². The van der Waals surface area contributed by atoms with Crippen molar-refractivity contribution in [2.75, 3.05) is 31.2 Å². The van der Waals surface area contributed by atoms with Crippen LogP contribution in [-0.4, -0.2) is 30.9 Å². The summed E-state index contributed by atoms with van der Waals surface area (Å²) in [4.78, 5) is 13.2. The molecular formula is C11H15Cl2N3O. The lowest BCUT2D eigenvalue weighted by Crippen LogP contribution is -2.32. The third kappa shape index (κ3) is 3.68. The summed E-state index contributed by atoms with van der Waals surface area (Å²) in [6.45, 7) is 2.75. The highest BCUT2D eigenvalue weighted by Crippen LogP contribution is 2.30. The second-order valence-electron chi connectivity index (χ2n) is 3.62. The van der Waals surface area contributed by atoms with Crippen LogP contribution in [0, 0.1) is 0 Å². The van der Waals surface area contributed by atoms with Crippen molar-refractivity contribution in [1.82, 2.24) is 4.90 Å². The Kier molecular flexibility index (Phi) is 4.90. The van der Waals surface area contributed by atoms with Crippen LogP contribution >= 0.6 is 23.2 Å². The van der Waals surface area contributed by atoms with Gasteiger partial charge in [0, 0.05) is 13.6 Å². The smallest absolute Gasteiger partial charge is 0.241 e. The number of hydrogen-bond acceptors (Lipinski definition) is 3. The van der Waals surface area contributed by atoms with Crippen LogP contribution in [0.4, 0.5) is 11.4 Å². The second kappa shape index (κ2) is 5.98. The molecule has 0 aliphatic heterocycles. The zero-order chi connectivity index (χ0) is 13.0. The molecule has 3 N–H and O–H groups in total. The molecule has 1 aromatic carbocycles. The Balaban J connectivity index is 2.70. The minimum Gasteiger partial charge on any atom is -0.397 e. The average Bonchev–Trinajstić information content (AvgIpc) is 2.30. The first-order chi connectivity index (χ1) is 7.95. The Labute approximate surface area is 111 Å². The summed E-state index contributed by atoms with van der Waals surface area (Å²) in [7, 11) is 1.74. The summed E-state index contributed by atoms with van der Waals surface area (Å²) in [5, 5.41) is 3.73. The highest BCUT2D eigenvalue weighted by Gasteiger charge is 2.09. The number of carbonyl (C=O) groups is 1. The first-order valence-electron chi connectivity index (χ1n) is 5.18. The highest BCUT2D eigenvalue weighted by atomic mass is 35.5. The van der Waals surface area contributed by atoms with Crippen LogP contribution in [0.25, 0.3) is 0 Å². The van der Waals surface area contributed by atoms with E-state index in [0.29, 0.717) is 28.0 Å². The van der Waals surface area contributed by atoms with Crippen molar-refractivity contribution in [3.63, 3.8) is 0 Å². The highest BCUT2D eigenvalue weighted by molar-refractivity contribution is 6.42. The first-order valence-corrected chi connectivity index (χ1v) is 5.93. The first kappa shape index (κ1) is 13.9. The molecule has 0 aliphatic carbocycles. The molecule has 0 atom stereocenters. The number of nitrogens with zero attached hydrogens (tertiary/aromatic N) is 1. The van der Waals surface area contributed by atoms with Gasteiger partial charge in [-0.05, 0) is 19.1 Å². The van der Waals surface area contributed by atoms with Crippen LogP contribution < -0.4 is 11.1 Å². The molecule has 4 nitrogen and oxygen atoms in total. The predicted octanol–water partition coefficient (Wildman–Crippen LogP) is 2.47. The van der Waals surface area contributed by atoms with Crippen molar-refractivity contribution < 1.29 is 4.79 Å². The van der Waals surface area contributed by atoms with Crippen LogP contribution in [0.2, 0.25) is 10.0 Å². The van der Waals surface area contributed by atoms with E-state index in [4.69, 9.17) is 28.9 Å². The number of carbonyl (C=O) groups excluding carboxylic acids is 1. The van der Waals surface area contributed by atoms with E-state index in [-0.39, 0.29) is 12.5 Å². The summed E-state index contributed by atoms with van der Waals surface area (Å²) >= 11 is 11.7. The van der Waals surface area contributed by atoms with Gasteiger partial charge in [-0.2, -0.15) is 0 Å². The summed E-state index contributed by atoms with van der Waals surface area (Å²) < 4.78 is 0. The Hall–Kier alpha value is -1.13. The monoisotopic (exact) mass is 275 g/mol. The van der Waals surface area contributed by atoms with Crippen LogP contribution in [0.15, 0.2) is 12.1 Å². The standard InChI is InChI=1S/C11H15Cl2N3O/c1-3-16(2)11(17)6-15-10-5-8(13)7(12)4-9(10)14/h4-5,15H,3,6,14H2,1-2H3. The van der Waals surface area contributed by atoms with Crippen molar-refractivity contribution in [3.05, 3.63) is 22.2 Å². The van der Waals surface area contributed by atoms with Gasteiger partial charge in [-0.3, -0.25) is 4.79 Å². The fraction of sp³-hybridized carbons (Fsp3) is 0.364. The Bertz CT molecular complexity index is 423. The molecule has 0 spiro atoms. The quantitative estimate of drug-likeness (QED) is 0.830. The largest absolute Gasteiger partial charge is 0.397 e. The maximum Gasteiger partial charge on any atom is 0.241 e. The van der Waals surface area contributed by atoms with Crippen molar-refractivity contribution in [2.45, 2.75) is 6.92 Å². The fourth-order valence-electron chi connectivity index (χ4n) is 1.20. The third-order valence-corrected chi connectivity index (χ3v) is 3.14. The second-order valence-corrected chi connectivity index (χ2v) is 4.43. The van der Waals surface area contributed by atoms with E-state index in [1.165, 1.54) is 0 Å². The molecule has 0 heterocycles. The number of hydrogen-bond donors (Lipinski definition) is 2. The molecule has 1 rings (SSSR count). The van der Waals surface area contributed by atoms with Gasteiger partial charge in [0.1, 0.15) is 0 Å². The summed E-state index contributed by atoms with van der Waals surface area (Å²) in [6, 6.07) is 3.17. The number of benzene rings is 1. The Morgan fingerprint density at radius 2 is 2.00 bits per heavy atom. The third-order valence-electron chi connectivity index (χ3n) is 2.42. The Morgan fingerprint density at radius 1 is 1.41 bits per heavy atom. The molecule has 0 unspecified atom stereocenters. The van der Waals surface area contributed by atoms with E-state index < -0.39 is 0 Å². The maximum absolute atomic E-state index is 11.6. The van der Waals surface area contributed by atoms with E-state index in [1.54, 1.807) is 24.1 Å². The molecule has 0 aromatic heterocycles. The van der Waals surface area contributed by atoms with Crippen LogP contribution in [-0.2, 0) is 4.79 Å². The predicted molar refractivity (Wildman–Crippen MR) is 72.7 cm³/mol. The Morgan fingerprint density at radius 3 is 2.59 bits per heavy atom. The molecule has 94 valence electrons. The topological polar surface area (TPSA) is 58.4 Å². The van der Waals surface area contributed by atoms with Crippen LogP contribution in [0.3, 0.4) is 0 Å². The van der Waals surface area contributed by atoms with E-state index in [0.717, 1.165) is 0 Å². The summed E-state index contributed by atoms with van der Waals surface area (Å²) in [5.74, 6) is -0.0158. The molecule has 0 saturated heterocycles. The molecule has 1 aromatic rings. The van der Waals surface area contributed by atoms with Crippen molar-refractivity contribution in [3.8, 4) is 0 Å². The molecule has 0 bridgehead atoms. The number of halogens is 2. The molecule has 17 heavy (non-hydrogen) atoms. The van der Waals surface area contributed by atoms with Crippen molar-refractivity contribution in [1.29, 1.82) is 0 Å². The molecule has 0 fully saturated rings. The number of anilines is 2. The minimum absolute atomic E-state index is 0.0158.